The van der Waals surface area contributed by atoms with Crippen LogP contribution in [0, 0.1) is 0 Å². The number of ether oxygens (including phenoxy) is 1. The summed E-state index contributed by atoms with van der Waals surface area (Å²) in [5.74, 6) is 0.613. The summed E-state index contributed by atoms with van der Waals surface area (Å²) >= 11 is 0. The van der Waals surface area contributed by atoms with Crippen molar-refractivity contribution in [2.24, 2.45) is 0 Å². The number of carbonyl (C=O) groups is 2. The van der Waals surface area contributed by atoms with Crippen molar-refractivity contribution in [1.29, 1.82) is 0 Å². The quantitative estimate of drug-likeness (QED) is 0.633. The third-order valence-corrected chi connectivity index (χ3v) is 5.30. The molecule has 1 fully saturated rings. The molecule has 160 valence electrons. The Morgan fingerprint density at radius 2 is 2.06 bits per heavy atom. The van der Waals surface area contributed by atoms with Gasteiger partial charge in [0.15, 0.2) is 12.2 Å². The lowest BCUT2D eigenvalue weighted by atomic mass is 10.1. The number of amides is 2. The van der Waals surface area contributed by atoms with Crippen molar-refractivity contribution >= 4 is 11.8 Å². The number of rotatable bonds is 6. The molecule has 0 saturated carbocycles. The van der Waals surface area contributed by atoms with E-state index >= 15 is 0 Å². The summed E-state index contributed by atoms with van der Waals surface area (Å²) in [4.78, 5) is 31.1. The molecule has 2 aromatic carbocycles. The van der Waals surface area contributed by atoms with E-state index in [1.54, 1.807) is 30.5 Å². The van der Waals surface area contributed by atoms with Gasteiger partial charge < -0.3 is 24.5 Å². The molecule has 8 heteroatoms. The van der Waals surface area contributed by atoms with Crippen LogP contribution in [0.3, 0.4) is 0 Å². The number of methoxy groups -OCH3 is 1. The largest absolute Gasteiger partial charge is 0.497 e. The smallest absolute Gasteiger partial charge is 0.254 e. The Bertz CT molecular complexity index is 1050. The van der Waals surface area contributed by atoms with Crippen LogP contribution >= 0.6 is 0 Å². The van der Waals surface area contributed by atoms with Crippen molar-refractivity contribution in [1.82, 2.24) is 15.2 Å². The Morgan fingerprint density at radius 1 is 1.26 bits per heavy atom. The Hall–Kier alpha value is -3.65. The third-order valence-electron chi connectivity index (χ3n) is 5.30. The number of aromatic nitrogens is 1. The van der Waals surface area contributed by atoms with Gasteiger partial charge >= 0.3 is 0 Å². The fourth-order valence-corrected chi connectivity index (χ4v) is 3.66. The van der Waals surface area contributed by atoms with Crippen molar-refractivity contribution in [3.63, 3.8) is 0 Å². The fraction of sp³-hybridized carbons (Fsp3) is 0.261. The van der Waals surface area contributed by atoms with Gasteiger partial charge in [-0.25, -0.2) is 4.98 Å². The molecular weight excluding hydrogens is 398 g/mol. The number of aliphatic hydroxyl groups excluding tert-OH is 1. The van der Waals surface area contributed by atoms with Crippen molar-refractivity contribution < 1.29 is 23.8 Å². The first-order valence-corrected chi connectivity index (χ1v) is 9.94. The van der Waals surface area contributed by atoms with E-state index in [2.05, 4.69) is 10.3 Å². The number of hydrogen-bond donors (Lipinski definition) is 2. The molecular formula is C23H23N3O5. The van der Waals surface area contributed by atoms with E-state index < -0.39 is 12.1 Å². The fourth-order valence-electron chi connectivity index (χ4n) is 3.66. The van der Waals surface area contributed by atoms with Gasteiger partial charge in [0.2, 0.25) is 5.91 Å². The van der Waals surface area contributed by atoms with Gasteiger partial charge in [-0.1, -0.05) is 30.3 Å². The first-order chi connectivity index (χ1) is 15.0. The lowest BCUT2D eigenvalue weighted by Crippen LogP contribution is -2.45. The Balaban J connectivity index is 1.41. The van der Waals surface area contributed by atoms with Crippen LogP contribution in [0.5, 0.6) is 5.75 Å². The van der Waals surface area contributed by atoms with Gasteiger partial charge in [0.25, 0.3) is 5.91 Å². The second kappa shape index (κ2) is 9.01. The average Bonchev–Trinajstić information content (AvgIpc) is 3.47. The van der Waals surface area contributed by atoms with Gasteiger partial charge in [0.1, 0.15) is 11.8 Å². The molecule has 31 heavy (non-hydrogen) atoms. The summed E-state index contributed by atoms with van der Waals surface area (Å²) in [7, 11) is 1.53. The molecule has 0 radical (unpaired) electrons. The minimum atomic E-state index is -0.744. The summed E-state index contributed by atoms with van der Waals surface area (Å²) in [6.45, 7) is 0.420. The van der Waals surface area contributed by atoms with Crippen LogP contribution in [0.4, 0.5) is 0 Å². The maximum absolute atomic E-state index is 13.0. The number of nitrogens with one attached hydrogen (secondary N) is 1. The molecule has 3 aromatic rings. The van der Waals surface area contributed by atoms with Crippen molar-refractivity contribution in [2.45, 2.75) is 25.1 Å². The van der Waals surface area contributed by atoms with E-state index in [0.717, 1.165) is 11.1 Å². The summed E-state index contributed by atoms with van der Waals surface area (Å²) in [5, 5.41) is 13.0. The minimum absolute atomic E-state index is 0.111. The molecule has 1 aromatic heterocycles. The molecule has 2 heterocycles. The standard InChI is InChI=1S/C23H23N3O5/c1-30-19-4-2-3-17(9-19)23(29)26-13-18(27)10-20(26)22(28)25-11-15-5-7-16(8-6-15)21-12-24-14-31-21/h2-9,12,14,18,20,27H,10-11,13H2,1H3,(H,25,28)/t18-,20+/m1/s1. The predicted octanol–water partition coefficient (Wildman–Crippen LogP) is 2.24. The summed E-state index contributed by atoms with van der Waals surface area (Å²) in [6.07, 6.45) is 2.46. The van der Waals surface area contributed by atoms with Crippen molar-refractivity contribution in [3.05, 3.63) is 72.2 Å². The highest BCUT2D eigenvalue weighted by Crippen LogP contribution is 2.23. The van der Waals surface area contributed by atoms with Gasteiger partial charge in [-0.15, -0.1) is 0 Å². The molecule has 2 N–H and O–H groups in total. The highest BCUT2D eigenvalue weighted by atomic mass is 16.5. The number of nitrogens with zero attached hydrogens (tertiary/aromatic N) is 2. The van der Waals surface area contributed by atoms with Crippen LogP contribution < -0.4 is 10.1 Å². The molecule has 2 atom stereocenters. The predicted molar refractivity (Wildman–Crippen MR) is 112 cm³/mol. The van der Waals surface area contributed by atoms with Crippen LogP contribution in [0.25, 0.3) is 11.3 Å². The van der Waals surface area contributed by atoms with Crippen molar-refractivity contribution in [2.75, 3.05) is 13.7 Å². The van der Waals surface area contributed by atoms with E-state index in [1.165, 1.54) is 18.4 Å². The van der Waals surface area contributed by atoms with Gasteiger partial charge in [-0.05, 0) is 23.8 Å². The van der Waals surface area contributed by atoms with Crippen LogP contribution in [-0.2, 0) is 11.3 Å². The molecule has 0 aliphatic carbocycles. The molecule has 2 amide bonds. The average molecular weight is 421 g/mol. The van der Waals surface area contributed by atoms with Gasteiger partial charge in [-0.2, -0.15) is 0 Å². The maximum Gasteiger partial charge on any atom is 0.254 e. The zero-order valence-electron chi connectivity index (χ0n) is 17.0. The lowest BCUT2D eigenvalue weighted by molar-refractivity contribution is -0.125. The molecule has 0 spiro atoms. The van der Waals surface area contributed by atoms with Crippen LogP contribution in [0.1, 0.15) is 22.3 Å². The second-order valence-corrected chi connectivity index (χ2v) is 7.38. The third kappa shape index (κ3) is 4.59. The van der Waals surface area contributed by atoms with E-state index in [0.29, 0.717) is 23.6 Å². The number of β-amino-alcohol motifs (C(OH)–C–C–N with tert-alkyl or cyclic N) is 1. The lowest BCUT2D eigenvalue weighted by Gasteiger charge is -2.24. The van der Waals surface area contributed by atoms with Crippen LogP contribution in [0.2, 0.25) is 0 Å². The van der Waals surface area contributed by atoms with Gasteiger partial charge in [-0.3, -0.25) is 9.59 Å². The van der Waals surface area contributed by atoms with Gasteiger partial charge in [0.05, 0.1) is 19.4 Å². The molecule has 1 saturated heterocycles. The van der Waals surface area contributed by atoms with E-state index in [-0.39, 0.29) is 24.8 Å². The minimum Gasteiger partial charge on any atom is -0.497 e. The number of carbonyl (C=O) groups excluding carboxylic acids is 2. The second-order valence-electron chi connectivity index (χ2n) is 7.38. The number of hydrogen-bond acceptors (Lipinski definition) is 6. The maximum atomic E-state index is 13.0. The highest BCUT2D eigenvalue weighted by molar-refractivity contribution is 5.98. The summed E-state index contributed by atoms with van der Waals surface area (Å²) < 4.78 is 10.4. The van der Waals surface area contributed by atoms with Crippen LogP contribution in [0.15, 0.2) is 65.5 Å². The zero-order chi connectivity index (χ0) is 21.8. The first kappa shape index (κ1) is 20.6. The molecule has 0 bridgehead atoms. The van der Waals surface area contributed by atoms with E-state index in [1.807, 2.05) is 24.3 Å². The Kier molecular flexibility index (Phi) is 5.99. The Labute approximate surface area is 179 Å². The number of benzene rings is 2. The normalized spacial score (nSPS) is 18.1. The monoisotopic (exact) mass is 421 g/mol. The molecule has 0 unspecified atom stereocenters. The van der Waals surface area contributed by atoms with E-state index in [4.69, 9.17) is 9.15 Å². The van der Waals surface area contributed by atoms with Crippen molar-refractivity contribution in [3.8, 4) is 17.1 Å². The molecule has 4 rings (SSSR count). The number of oxazole rings is 1. The molecule has 1 aliphatic rings. The van der Waals surface area contributed by atoms with Gasteiger partial charge in [0, 0.05) is 30.6 Å². The SMILES string of the molecule is COc1cccc(C(=O)N2C[C@H](O)C[C@H]2C(=O)NCc2ccc(-c3cnco3)cc2)c1. The zero-order valence-corrected chi connectivity index (χ0v) is 17.0. The van der Waals surface area contributed by atoms with Crippen LogP contribution in [-0.4, -0.2) is 52.6 Å². The first-order valence-electron chi connectivity index (χ1n) is 9.94. The van der Waals surface area contributed by atoms with E-state index in [9.17, 15) is 14.7 Å². The highest BCUT2D eigenvalue weighted by Gasteiger charge is 2.39. The molecule has 8 nitrogen and oxygen atoms in total. The number of likely N-dealkylation sites (tertiary alicyclic amines) is 1. The summed E-state index contributed by atoms with van der Waals surface area (Å²) in [5.41, 5.74) is 2.21. The number of aliphatic hydroxyl groups is 1. The molecule has 1 aliphatic heterocycles. The Morgan fingerprint density at radius 3 is 2.77 bits per heavy atom. The topological polar surface area (TPSA) is 105 Å². The summed E-state index contributed by atoms with van der Waals surface area (Å²) in [6, 6.07) is 13.6.